The highest BCUT2D eigenvalue weighted by molar-refractivity contribution is 8.26. The molecule has 1 aromatic carbocycles. The Labute approximate surface area is 183 Å². The molecular formula is C20H23NO7S2. The van der Waals surface area contributed by atoms with Crippen molar-refractivity contribution in [3.05, 3.63) is 28.2 Å². The summed E-state index contributed by atoms with van der Waals surface area (Å²) in [6.07, 6.45) is 2.51. The van der Waals surface area contributed by atoms with E-state index in [1.165, 1.54) is 16.7 Å². The summed E-state index contributed by atoms with van der Waals surface area (Å²) in [7, 11) is 3.12. The van der Waals surface area contributed by atoms with Crippen LogP contribution in [0.25, 0.3) is 6.08 Å². The van der Waals surface area contributed by atoms with Crippen molar-refractivity contribution in [1.29, 1.82) is 0 Å². The second-order valence-electron chi connectivity index (χ2n) is 6.57. The molecule has 0 spiro atoms. The van der Waals surface area contributed by atoms with Crippen LogP contribution in [0.1, 0.15) is 30.4 Å². The number of rotatable bonds is 10. The molecule has 0 radical (unpaired) electrons. The molecule has 0 bridgehead atoms. The third-order valence-electron chi connectivity index (χ3n) is 4.69. The van der Waals surface area contributed by atoms with Crippen LogP contribution < -0.4 is 9.47 Å². The molecule has 8 nitrogen and oxygen atoms in total. The van der Waals surface area contributed by atoms with Crippen molar-refractivity contribution in [3.63, 3.8) is 0 Å². The summed E-state index contributed by atoms with van der Waals surface area (Å²) in [5.74, 6) is -3.12. The highest BCUT2D eigenvalue weighted by atomic mass is 32.2. The van der Waals surface area contributed by atoms with Gasteiger partial charge in [-0.3, -0.25) is 19.3 Å². The molecule has 30 heavy (non-hydrogen) atoms. The van der Waals surface area contributed by atoms with Crippen LogP contribution in [0.4, 0.5) is 0 Å². The molecule has 1 heterocycles. The Kier molecular flexibility index (Phi) is 8.24. The number of carbonyl (C=O) groups is 3. The topological polar surface area (TPSA) is 113 Å². The third kappa shape index (κ3) is 5.31. The second kappa shape index (κ2) is 10.4. The smallest absolute Gasteiger partial charge is 0.317 e. The van der Waals surface area contributed by atoms with Gasteiger partial charge in [-0.15, -0.1) is 0 Å². The van der Waals surface area contributed by atoms with Crippen LogP contribution >= 0.6 is 24.0 Å². The monoisotopic (exact) mass is 453 g/mol. The van der Waals surface area contributed by atoms with Crippen molar-refractivity contribution in [2.75, 3.05) is 20.8 Å². The fraction of sp³-hybridized carbons (Fsp3) is 0.400. The van der Waals surface area contributed by atoms with Crippen LogP contribution in [0, 0.1) is 12.8 Å². The number of hydrogen-bond acceptors (Lipinski definition) is 7. The lowest BCUT2D eigenvalue weighted by atomic mass is 10.0. The predicted octanol–water partition coefficient (Wildman–Crippen LogP) is 3.17. The molecule has 162 valence electrons. The van der Waals surface area contributed by atoms with E-state index < -0.39 is 17.9 Å². The Morgan fingerprint density at radius 3 is 2.43 bits per heavy atom. The molecule has 1 fully saturated rings. The molecule has 1 amide bonds. The van der Waals surface area contributed by atoms with E-state index in [1.54, 1.807) is 32.4 Å². The molecule has 10 heteroatoms. The van der Waals surface area contributed by atoms with Crippen molar-refractivity contribution < 1.29 is 34.1 Å². The maximum Gasteiger partial charge on any atom is 0.317 e. The molecule has 1 aromatic rings. The average Bonchev–Trinajstić information content (AvgIpc) is 2.94. The first-order valence-corrected chi connectivity index (χ1v) is 10.4. The van der Waals surface area contributed by atoms with Gasteiger partial charge in [0.15, 0.2) is 5.92 Å². The number of carboxylic acids is 2. The number of ether oxygens (including phenoxy) is 2. The Bertz CT molecular complexity index is 883. The zero-order valence-electron chi connectivity index (χ0n) is 16.8. The van der Waals surface area contributed by atoms with Gasteiger partial charge in [0.1, 0.15) is 15.8 Å². The highest BCUT2D eigenvalue weighted by Gasteiger charge is 2.32. The summed E-state index contributed by atoms with van der Waals surface area (Å²) in [5, 5.41) is 17.8. The van der Waals surface area contributed by atoms with E-state index in [0.29, 0.717) is 40.1 Å². The number of unbranched alkanes of at least 4 members (excludes halogenated alkanes) is 1. The summed E-state index contributed by atoms with van der Waals surface area (Å²) in [5.41, 5.74) is 1.54. The lowest BCUT2D eigenvalue weighted by Gasteiger charge is -2.15. The van der Waals surface area contributed by atoms with Gasteiger partial charge in [0, 0.05) is 17.7 Å². The van der Waals surface area contributed by atoms with Crippen LogP contribution in [0.5, 0.6) is 11.5 Å². The Morgan fingerprint density at radius 2 is 1.87 bits per heavy atom. The largest absolute Gasteiger partial charge is 0.496 e. The number of aliphatic carboxylic acids is 2. The summed E-state index contributed by atoms with van der Waals surface area (Å²) in [6.45, 7) is 2.16. The van der Waals surface area contributed by atoms with E-state index in [4.69, 9.17) is 31.9 Å². The molecule has 1 aliphatic rings. The van der Waals surface area contributed by atoms with Gasteiger partial charge in [-0.2, -0.15) is 0 Å². The van der Waals surface area contributed by atoms with E-state index in [-0.39, 0.29) is 12.3 Å². The van der Waals surface area contributed by atoms with Crippen molar-refractivity contribution in [1.82, 2.24) is 4.90 Å². The summed E-state index contributed by atoms with van der Waals surface area (Å²) in [6, 6.07) is 3.60. The zero-order valence-corrected chi connectivity index (χ0v) is 18.5. The van der Waals surface area contributed by atoms with E-state index in [2.05, 4.69) is 0 Å². The minimum Gasteiger partial charge on any atom is -0.496 e. The molecule has 0 aromatic heterocycles. The molecule has 0 aliphatic carbocycles. The first-order chi connectivity index (χ1) is 14.2. The number of amides is 1. The normalized spacial score (nSPS) is 15.2. The predicted molar refractivity (Wildman–Crippen MR) is 117 cm³/mol. The number of carbonyl (C=O) groups excluding carboxylic acids is 1. The van der Waals surface area contributed by atoms with Gasteiger partial charge in [0.25, 0.3) is 5.91 Å². The lowest BCUT2D eigenvalue weighted by Crippen LogP contribution is -2.29. The van der Waals surface area contributed by atoms with Gasteiger partial charge in [0.05, 0.1) is 19.1 Å². The van der Waals surface area contributed by atoms with Crippen LogP contribution in [-0.4, -0.2) is 58.0 Å². The van der Waals surface area contributed by atoms with E-state index in [1.807, 2.05) is 6.92 Å². The molecule has 1 saturated heterocycles. The van der Waals surface area contributed by atoms with Gasteiger partial charge in [-0.1, -0.05) is 30.4 Å². The summed E-state index contributed by atoms with van der Waals surface area (Å²) >= 11 is 6.49. The number of thioether (sulfide) groups is 1. The number of thiocarbonyl (C=S) groups is 1. The first-order valence-electron chi connectivity index (χ1n) is 9.13. The zero-order chi connectivity index (χ0) is 22.4. The fourth-order valence-corrected chi connectivity index (χ4v) is 4.40. The summed E-state index contributed by atoms with van der Waals surface area (Å²) in [4.78, 5) is 36.5. The number of nitrogens with zero attached hydrogens (tertiary/aromatic N) is 1. The SMILES string of the molecule is COc1ccc(C=C2SC(=S)N(CCCCC(C(=O)O)C(=O)O)C2=O)c(OC)c1C. The van der Waals surface area contributed by atoms with Crippen LogP contribution in [0.2, 0.25) is 0 Å². The molecule has 0 atom stereocenters. The molecule has 1 aliphatic heterocycles. The highest BCUT2D eigenvalue weighted by Crippen LogP contribution is 2.37. The summed E-state index contributed by atoms with van der Waals surface area (Å²) < 4.78 is 11.2. The van der Waals surface area contributed by atoms with Crippen molar-refractivity contribution in [2.24, 2.45) is 5.92 Å². The lowest BCUT2D eigenvalue weighted by molar-refractivity contribution is -0.154. The van der Waals surface area contributed by atoms with Gasteiger partial charge in [0.2, 0.25) is 0 Å². The van der Waals surface area contributed by atoms with Crippen LogP contribution in [0.3, 0.4) is 0 Å². The Balaban J connectivity index is 2.07. The number of carboxylic acid groups (broad SMARTS) is 2. The number of hydrogen-bond donors (Lipinski definition) is 2. The molecule has 2 N–H and O–H groups in total. The van der Waals surface area contributed by atoms with Gasteiger partial charge < -0.3 is 19.7 Å². The van der Waals surface area contributed by atoms with Crippen molar-refractivity contribution >= 4 is 52.2 Å². The van der Waals surface area contributed by atoms with E-state index in [9.17, 15) is 14.4 Å². The fourth-order valence-electron chi connectivity index (χ4n) is 3.11. The Hall–Kier alpha value is -2.59. The van der Waals surface area contributed by atoms with Gasteiger partial charge >= 0.3 is 11.9 Å². The maximum absolute atomic E-state index is 12.8. The van der Waals surface area contributed by atoms with E-state index >= 15 is 0 Å². The minimum atomic E-state index is -1.44. The Morgan fingerprint density at radius 1 is 1.20 bits per heavy atom. The molecule has 0 unspecified atom stereocenters. The van der Waals surface area contributed by atoms with Crippen LogP contribution in [-0.2, 0) is 14.4 Å². The van der Waals surface area contributed by atoms with Crippen LogP contribution in [0.15, 0.2) is 17.0 Å². The van der Waals surface area contributed by atoms with E-state index in [0.717, 1.165) is 11.1 Å². The third-order valence-corrected chi connectivity index (χ3v) is 6.07. The quantitative estimate of drug-likeness (QED) is 0.239. The standard InChI is InChI=1S/C20H23NO7S2/c1-11-14(27-2)8-7-12(16(11)28-3)10-15-17(22)21(20(29)30-15)9-5-4-6-13(18(23)24)19(25)26/h7-8,10,13H,4-6,9H2,1-3H3,(H,23,24)(H,25,26). The minimum absolute atomic E-state index is 0.00236. The average molecular weight is 454 g/mol. The molecule has 0 saturated carbocycles. The van der Waals surface area contributed by atoms with Crippen molar-refractivity contribution in [3.8, 4) is 11.5 Å². The number of methoxy groups -OCH3 is 2. The second-order valence-corrected chi connectivity index (χ2v) is 8.25. The maximum atomic E-state index is 12.8. The van der Waals surface area contributed by atoms with Crippen molar-refractivity contribution in [2.45, 2.75) is 26.2 Å². The molecular weight excluding hydrogens is 430 g/mol. The van der Waals surface area contributed by atoms with Gasteiger partial charge in [-0.05, 0) is 38.0 Å². The molecule has 2 rings (SSSR count). The van der Waals surface area contributed by atoms with Gasteiger partial charge in [-0.25, -0.2) is 0 Å². The number of benzene rings is 1. The first kappa shape index (κ1) is 23.7.